The van der Waals surface area contributed by atoms with Gasteiger partial charge in [0.05, 0.1) is 6.61 Å². The highest BCUT2D eigenvalue weighted by Crippen LogP contribution is 2.20. The van der Waals surface area contributed by atoms with Crippen LogP contribution in [0, 0.1) is 5.41 Å². The molecule has 1 N–H and O–H groups in total. The lowest BCUT2D eigenvalue weighted by molar-refractivity contribution is 0.281. The standard InChI is InChI=1S/C12H18O/c1-12(2,3)8-10-5-4-6-11(7-10)9-13/h4-7,13H,8-9H2,1-3H3. The molecule has 0 unspecified atom stereocenters. The molecule has 1 rings (SSSR count). The summed E-state index contributed by atoms with van der Waals surface area (Å²) in [4.78, 5) is 0. The minimum absolute atomic E-state index is 0.137. The minimum Gasteiger partial charge on any atom is -0.392 e. The predicted molar refractivity (Wildman–Crippen MR) is 55.5 cm³/mol. The van der Waals surface area contributed by atoms with Crippen molar-refractivity contribution in [3.63, 3.8) is 0 Å². The third-order valence-corrected chi connectivity index (χ3v) is 1.91. The molecule has 0 aromatic heterocycles. The summed E-state index contributed by atoms with van der Waals surface area (Å²) in [7, 11) is 0. The Bertz CT molecular complexity index is 271. The summed E-state index contributed by atoms with van der Waals surface area (Å²) in [6, 6.07) is 8.15. The van der Waals surface area contributed by atoms with Crippen molar-refractivity contribution >= 4 is 0 Å². The van der Waals surface area contributed by atoms with Gasteiger partial charge in [0.1, 0.15) is 0 Å². The first-order valence-electron chi connectivity index (χ1n) is 4.70. The first-order chi connectivity index (χ1) is 6.01. The van der Waals surface area contributed by atoms with E-state index in [0.29, 0.717) is 5.41 Å². The Kier molecular flexibility index (Phi) is 3.10. The number of rotatable bonds is 2. The molecular formula is C12H18O. The van der Waals surface area contributed by atoms with E-state index in [0.717, 1.165) is 12.0 Å². The summed E-state index contributed by atoms with van der Waals surface area (Å²) >= 11 is 0. The van der Waals surface area contributed by atoms with Crippen molar-refractivity contribution in [1.29, 1.82) is 0 Å². The second kappa shape index (κ2) is 3.93. The lowest BCUT2D eigenvalue weighted by atomic mass is 9.88. The molecule has 0 bridgehead atoms. The van der Waals surface area contributed by atoms with Gasteiger partial charge < -0.3 is 5.11 Å². The van der Waals surface area contributed by atoms with Crippen LogP contribution in [0.25, 0.3) is 0 Å². The van der Waals surface area contributed by atoms with E-state index in [1.807, 2.05) is 12.1 Å². The van der Waals surface area contributed by atoms with Gasteiger partial charge in [-0.15, -0.1) is 0 Å². The highest BCUT2D eigenvalue weighted by Gasteiger charge is 2.10. The molecule has 0 aliphatic carbocycles. The predicted octanol–water partition coefficient (Wildman–Crippen LogP) is 2.77. The van der Waals surface area contributed by atoms with Gasteiger partial charge in [-0.1, -0.05) is 45.0 Å². The molecule has 0 spiro atoms. The van der Waals surface area contributed by atoms with Gasteiger partial charge in [0, 0.05) is 0 Å². The van der Waals surface area contributed by atoms with Crippen LogP contribution in [0.3, 0.4) is 0 Å². The normalized spacial score (nSPS) is 11.7. The average Bonchev–Trinajstić information content (AvgIpc) is 2.01. The van der Waals surface area contributed by atoms with Gasteiger partial charge in [-0.3, -0.25) is 0 Å². The van der Waals surface area contributed by atoms with E-state index in [2.05, 4.69) is 32.9 Å². The summed E-state index contributed by atoms with van der Waals surface area (Å²) in [5.41, 5.74) is 2.62. The van der Waals surface area contributed by atoms with E-state index in [9.17, 15) is 0 Å². The number of hydrogen-bond acceptors (Lipinski definition) is 1. The topological polar surface area (TPSA) is 20.2 Å². The first kappa shape index (κ1) is 10.3. The van der Waals surface area contributed by atoms with Crippen molar-refractivity contribution in [2.24, 2.45) is 5.41 Å². The summed E-state index contributed by atoms with van der Waals surface area (Å²) in [6.45, 7) is 6.80. The van der Waals surface area contributed by atoms with Gasteiger partial charge in [0.15, 0.2) is 0 Å². The summed E-state index contributed by atoms with van der Waals surface area (Å²) in [5.74, 6) is 0. The number of benzene rings is 1. The lowest BCUT2D eigenvalue weighted by Gasteiger charge is -2.18. The minimum atomic E-state index is 0.137. The Hall–Kier alpha value is -0.820. The van der Waals surface area contributed by atoms with Gasteiger partial charge in [-0.2, -0.15) is 0 Å². The Morgan fingerprint density at radius 2 is 1.77 bits per heavy atom. The zero-order valence-corrected chi connectivity index (χ0v) is 8.67. The van der Waals surface area contributed by atoms with Crippen molar-refractivity contribution in [3.05, 3.63) is 35.4 Å². The maximum Gasteiger partial charge on any atom is 0.0681 e. The maximum atomic E-state index is 8.96. The molecule has 1 aromatic rings. The van der Waals surface area contributed by atoms with Crippen molar-refractivity contribution in [1.82, 2.24) is 0 Å². The second-order valence-corrected chi connectivity index (χ2v) is 4.72. The second-order valence-electron chi connectivity index (χ2n) is 4.72. The van der Waals surface area contributed by atoms with Gasteiger partial charge in [-0.05, 0) is 23.0 Å². The van der Waals surface area contributed by atoms with E-state index in [1.165, 1.54) is 5.56 Å². The van der Waals surface area contributed by atoms with Crippen LogP contribution in [0.2, 0.25) is 0 Å². The molecule has 13 heavy (non-hydrogen) atoms. The van der Waals surface area contributed by atoms with E-state index < -0.39 is 0 Å². The Morgan fingerprint density at radius 3 is 2.31 bits per heavy atom. The van der Waals surface area contributed by atoms with Gasteiger partial charge in [-0.25, -0.2) is 0 Å². The zero-order valence-electron chi connectivity index (χ0n) is 8.67. The fraction of sp³-hybridized carbons (Fsp3) is 0.500. The van der Waals surface area contributed by atoms with E-state index in [1.54, 1.807) is 0 Å². The van der Waals surface area contributed by atoms with Crippen molar-refractivity contribution in [3.8, 4) is 0 Å². The van der Waals surface area contributed by atoms with Crippen molar-refractivity contribution in [2.75, 3.05) is 0 Å². The quantitative estimate of drug-likeness (QED) is 0.738. The Labute approximate surface area is 80.4 Å². The number of aliphatic hydroxyl groups is 1. The summed E-state index contributed by atoms with van der Waals surface area (Å²) in [5, 5.41) is 8.96. The van der Waals surface area contributed by atoms with Gasteiger partial charge in [0.25, 0.3) is 0 Å². The number of hydrogen-bond donors (Lipinski definition) is 1. The zero-order chi connectivity index (χ0) is 9.90. The highest BCUT2D eigenvalue weighted by atomic mass is 16.3. The van der Waals surface area contributed by atoms with E-state index in [4.69, 9.17) is 5.11 Å². The molecule has 0 aliphatic heterocycles. The molecule has 0 atom stereocenters. The fourth-order valence-corrected chi connectivity index (χ4v) is 1.45. The number of aliphatic hydroxyl groups excluding tert-OH is 1. The average molecular weight is 178 g/mol. The van der Waals surface area contributed by atoms with Crippen molar-refractivity contribution in [2.45, 2.75) is 33.8 Å². The molecule has 0 radical (unpaired) electrons. The molecule has 72 valence electrons. The third kappa shape index (κ3) is 3.60. The summed E-state index contributed by atoms with van der Waals surface area (Å²) < 4.78 is 0. The molecule has 0 heterocycles. The summed E-state index contributed by atoms with van der Waals surface area (Å²) in [6.07, 6.45) is 1.06. The van der Waals surface area contributed by atoms with Crippen LogP contribution in [-0.2, 0) is 13.0 Å². The van der Waals surface area contributed by atoms with E-state index in [-0.39, 0.29) is 6.61 Å². The molecule has 1 aromatic carbocycles. The van der Waals surface area contributed by atoms with Crippen LogP contribution in [0.5, 0.6) is 0 Å². The molecule has 0 fully saturated rings. The van der Waals surface area contributed by atoms with E-state index >= 15 is 0 Å². The van der Waals surface area contributed by atoms with Crippen molar-refractivity contribution < 1.29 is 5.11 Å². The Morgan fingerprint density at radius 1 is 1.15 bits per heavy atom. The van der Waals surface area contributed by atoms with Gasteiger partial charge >= 0.3 is 0 Å². The van der Waals surface area contributed by atoms with Crippen LogP contribution in [0.1, 0.15) is 31.9 Å². The smallest absolute Gasteiger partial charge is 0.0681 e. The van der Waals surface area contributed by atoms with Gasteiger partial charge in [0.2, 0.25) is 0 Å². The molecular weight excluding hydrogens is 160 g/mol. The van der Waals surface area contributed by atoms with Crippen LogP contribution >= 0.6 is 0 Å². The SMILES string of the molecule is CC(C)(C)Cc1cccc(CO)c1. The largest absolute Gasteiger partial charge is 0.392 e. The first-order valence-corrected chi connectivity index (χ1v) is 4.70. The molecule has 1 nitrogen and oxygen atoms in total. The third-order valence-electron chi connectivity index (χ3n) is 1.91. The molecule has 0 aliphatic rings. The maximum absolute atomic E-state index is 8.96. The molecule has 0 amide bonds. The van der Waals surface area contributed by atoms with Crippen LogP contribution in [-0.4, -0.2) is 5.11 Å². The molecule has 1 heteroatoms. The molecule has 0 saturated heterocycles. The lowest BCUT2D eigenvalue weighted by Crippen LogP contribution is -2.09. The molecule has 0 saturated carbocycles. The van der Waals surface area contributed by atoms with Crippen LogP contribution in [0.4, 0.5) is 0 Å². The van der Waals surface area contributed by atoms with Crippen LogP contribution < -0.4 is 0 Å². The highest BCUT2D eigenvalue weighted by molar-refractivity contribution is 5.23. The van der Waals surface area contributed by atoms with Crippen LogP contribution in [0.15, 0.2) is 24.3 Å². The Balaban J connectivity index is 2.78. The fourth-order valence-electron chi connectivity index (χ4n) is 1.45. The monoisotopic (exact) mass is 178 g/mol.